The Balaban J connectivity index is 1.61. The molecular formula is C19H25N3OS. The molecular weight excluding hydrogens is 318 g/mol. The Morgan fingerprint density at radius 2 is 1.96 bits per heavy atom. The zero-order valence-corrected chi connectivity index (χ0v) is 15.3. The molecule has 1 amide bonds. The summed E-state index contributed by atoms with van der Waals surface area (Å²) in [6, 6.07) is 7.98. The summed E-state index contributed by atoms with van der Waals surface area (Å²) in [6.45, 7) is 2.79. The second kappa shape index (κ2) is 7.97. The number of para-hydroxylation sites is 1. The van der Waals surface area contributed by atoms with E-state index in [4.69, 9.17) is 0 Å². The van der Waals surface area contributed by atoms with E-state index in [1.165, 1.54) is 43.9 Å². The number of carbonyl (C=O) groups excluding carboxylic acids is 1. The van der Waals surface area contributed by atoms with E-state index >= 15 is 0 Å². The van der Waals surface area contributed by atoms with E-state index in [1.807, 2.05) is 43.1 Å². The van der Waals surface area contributed by atoms with Gasteiger partial charge in [-0.2, -0.15) is 0 Å². The highest BCUT2D eigenvalue weighted by Gasteiger charge is 2.18. The van der Waals surface area contributed by atoms with Gasteiger partial charge in [-0.15, -0.1) is 0 Å². The Morgan fingerprint density at radius 1 is 1.21 bits per heavy atom. The van der Waals surface area contributed by atoms with Crippen molar-refractivity contribution in [1.82, 2.24) is 14.9 Å². The normalized spacial score (nSPS) is 15.6. The zero-order chi connectivity index (χ0) is 16.9. The topological polar surface area (TPSA) is 46.1 Å². The maximum atomic E-state index is 12.5. The number of nitrogens with zero attached hydrogens (tertiary/aromatic N) is 3. The van der Waals surface area contributed by atoms with Crippen LogP contribution >= 0.6 is 11.8 Å². The van der Waals surface area contributed by atoms with Crippen LogP contribution in [-0.2, 0) is 4.79 Å². The standard InChI is InChI=1S/C19H25N3OS/c1-14-20-17-11-7-6-10-16(17)19(21-14)24-13-18(23)22(2)12-15-8-4-3-5-9-15/h6-7,10-11,15H,3-5,8-9,12-13H2,1-2H3. The molecule has 1 heterocycles. The summed E-state index contributed by atoms with van der Waals surface area (Å²) in [4.78, 5) is 23.4. The highest BCUT2D eigenvalue weighted by Crippen LogP contribution is 2.26. The largest absolute Gasteiger partial charge is 0.345 e. The van der Waals surface area contributed by atoms with Crippen LogP contribution < -0.4 is 0 Å². The van der Waals surface area contributed by atoms with Crippen molar-refractivity contribution < 1.29 is 4.79 Å². The number of rotatable bonds is 5. The number of carbonyl (C=O) groups is 1. The molecule has 0 spiro atoms. The van der Waals surface area contributed by atoms with Gasteiger partial charge in [0, 0.05) is 19.0 Å². The maximum Gasteiger partial charge on any atom is 0.232 e. The first-order valence-corrected chi connectivity index (χ1v) is 9.72. The van der Waals surface area contributed by atoms with Gasteiger partial charge in [0.2, 0.25) is 5.91 Å². The van der Waals surface area contributed by atoms with Gasteiger partial charge >= 0.3 is 0 Å². The van der Waals surface area contributed by atoms with Gasteiger partial charge in [-0.05, 0) is 31.7 Å². The molecule has 0 N–H and O–H groups in total. The Bertz CT molecular complexity index is 713. The van der Waals surface area contributed by atoms with Crippen molar-refractivity contribution in [2.24, 2.45) is 5.92 Å². The van der Waals surface area contributed by atoms with Crippen molar-refractivity contribution in [2.45, 2.75) is 44.1 Å². The molecule has 0 unspecified atom stereocenters. The van der Waals surface area contributed by atoms with Crippen LogP contribution in [-0.4, -0.2) is 40.1 Å². The van der Waals surface area contributed by atoms with Crippen LogP contribution in [0, 0.1) is 12.8 Å². The molecule has 1 aliphatic rings. The van der Waals surface area contributed by atoms with E-state index in [0.717, 1.165) is 28.3 Å². The second-order valence-corrected chi connectivity index (χ2v) is 7.62. The summed E-state index contributed by atoms with van der Waals surface area (Å²) < 4.78 is 0. The van der Waals surface area contributed by atoms with E-state index in [2.05, 4.69) is 9.97 Å². The summed E-state index contributed by atoms with van der Waals surface area (Å²) in [5.41, 5.74) is 0.940. The highest BCUT2D eigenvalue weighted by atomic mass is 32.2. The lowest BCUT2D eigenvalue weighted by Gasteiger charge is -2.27. The zero-order valence-electron chi connectivity index (χ0n) is 14.5. The third-order valence-electron chi connectivity index (χ3n) is 4.69. The van der Waals surface area contributed by atoms with Crippen LogP contribution in [0.25, 0.3) is 10.9 Å². The van der Waals surface area contributed by atoms with Gasteiger partial charge in [-0.1, -0.05) is 49.2 Å². The number of aryl methyl sites for hydroxylation is 1. The molecule has 1 aliphatic carbocycles. The number of benzene rings is 1. The van der Waals surface area contributed by atoms with Crippen molar-refractivity contribution in [3.05, 3.63) is 30.1 Å². The number of amides is 1. The third-order valence-corrected chi connectivity index (χ3v) is 5.67. The van der Waals surface area contributed by atoms with Crippen LogP contribution in [0.2, 0.25) is 0 Å². The number of fused-ring (bicyclic) bond motifs is 1. The minimum atomic E-state index is 0.186. The average molecular weight is 343 g/mol. The fourth-order valence-electron chi connectivity index (χ4n) is 3.37. The quantitative estimate of drug-likeness (QED) is 0.606. The molecule has 2 aromatic rings. The molecule has 1 saturated carbocycles. The maximum absolute atomic E-state index is 12.5. The molecule has 1 fully saturated rings. The van der Waals surface area contributed by atoms with Crippen LogP contribution in [0.3, 0.4) is 0 Å². The van der Waals surface area contributed by atoms with Gasteiger partial charge in [0.1, 0.15) is 10.9 Å². The summed E-state index contributed by atoms with van der Waals surface area (Å²) in [5, 5.41) is 1.92. The van der Waals surface area contributed by atoms with E-state index in [-0.39, 0.29) is 5.91 Å². The molecule has 24 heavy (non-hydrogen) atoms. The third kappa shape index (κ3) is 4.26. The summed E-state index contributed by atoms with van der Waals surface area (Å²) in [5.74, 6) is 2.05. The molecule has 0 bridgehead atoms. The lowest BCUT2D eigenvalue weighted by molar-refractivity contribution is -0.127. The average Bonchev–Trinajstić information content (AvgIpc) is 2.60. The Hall–Kier alpha value is -1.62. The van der Waals surface area contributed by atoms with Crippen molar-refractivity contribution in [3.8, 4) is 0 Å². The summed E-state index contributed by atoms with van der Waals surface area (Å²) in [7, 11) is 1.93. The van der Waals surface area contributed by atoms with Crippen LogP contribution in [0.1, 0.15) is 37.9 Å². The summed E-state index contributed by atoms with van der Waals surface area (Å²) >= 11 is 1.52. The first-order valence-electron chi connectivity index (χ1n) is 8.73. The number of hydrogen-bond donors (Lipinski definition) is 0. The van der Waals surface area contributed by atoms with Crippen molar-refractivity contribution in [3.63, 3.8) is 0 Å². The monoisotopic (exact) mass is 343 g/mol. The number of hydrogen-bond acceptors (Lipinski definition) is 4. The molecule has 0 saturated heterocycles. The predicted octanol–water partition coefficient (Wildman–Crippen LogP) is 4.07. The Morgan fingerprint density at radius 3 is 2.75 bits per heavy atom. The fraction of sp³-hybridized carbons (Fsp3) is 0.526. The first kappa shape index (κ1) is 17.2. The fourth-order valence-corrected chi connectivity index (χ4v) is 4.37. The van der Waals surface area contributed by atoms with Crippen LogP contribution in [0.5, 0.6) is 0 Å². The predicted molar refractivity (Wildman–Crippen MR) is 99.2 cm³/mol. The van der Waals surface area contributed by atoms with E-state index in [0.29, 0.717) is 11.7 Å². The molecule has 5 heteroatoms. The molecule has 3 rings (SSSR count). The van der Waals surface area contributed by atoms with Gasteiger partial charge in [-0.3, -0.25) is 4.79 Å². The SMILES string of the molecule is Cc1nc(SCC(=O)N(C)CC2CCCCC2)c2ccccc2n1. The van der Waals surface area contributed by atoms with E-state index < -0.39 is 0 Å². The van der Waals surface area contributed by atoms with Crippen molar-refractivity contribution in [2.75, 3.05) is 19.3 Å². The van der Waals surface area contributed by atoms with Crippen LogP contribution in [0.15, 0.2) is 29.3 Å². The molecule has 4 nitrogen and oxygen atoms in total. The van der Waals surface area contributed by atoms with E-state index in [1.54, 1.807) is 0 Å². The van der Waals surface area contributed by atoms with Crippen LogP contribution in [0.4, 0.5) is 0 Å². The van der Waals surface area contributed by atoms with E-state index in [9.17, 15) is 4.79 Å². The first-order chi connectivity index (χ1) is 11.6. The smallest absolute Gasteiger partial charge is 0.232 e. The molecule has 128 valence electrons. The number of aromatic nitrogens is 2. The minimum absolute atomic E-state index is 0.186. The second-order valence-electron chi connectivity index (χ2n) is 6.66. The summed E-state index contributed by atoms with van der Waals surface area (Å²) in [6.07, 6.45) is 6.51. The Labute approximate surface area is 148 Å². The molecule has 0 aliphatic heterocycles. The van der Waals surface area contributed by atoms with Gasteiger partial charge in [0.25, 0.3) is 0 Å². The molecule has 0 radical (unpaired) electrons. The molecule has 1 aromatic heterocycles. The molecule has 1 aromatic carbocycles. The van der Waals surface area contributed by atoms with Gasteiger partial charge < -0.3 is 4.90 Å². The number of thioether (sulfide) groups is 1. The highest BCUT2D eigenvalue weighted by molar-refractivity contribution is 8.00. The van der Waals surface area contributed by atoms with Crippen molar-refractivity contribution >= 4 is 28.6 Å². The lowest BCUT2D eigenvalue weighted by Crippen LogP contribution is -2.33. The van der Waals surface area contributed by atoms with Gasteiger partial charge in [0.15, 0.2) is 0 Å². The van der Waals surface area contributed by atoms with Gasteiger partial charge in [0.05, 0.1) is 11.3 Å². The lowest BCUT2D eigenvalue weighted by atomic mass is 9.89. The van der Waals surface area contributed by atoms with Gasteiger partial charge in [-0.25, -0.2) is 9.97 Å². The Kier molecular flexibility index (Phi) is 5.72. The molecule has 0 atom stereocenters. The van der Waals surface area contributed by atoms with Crippen molar-refractivity contribution in [1.29, 1.82) is 0 Å². The minimum Gasteiger partial charge on any atom is -0.345 e.